The predicted octanol–water partition coefficient (Wildman–Crippen LogP) is 5.86. The molecule has 0 amide bonds. The molecule has 0 nitrogen and oxygen atoms in total. The normalized spacial score (nSPS) is 21.7. The van der Waals surface area contributed by atoms with Crippen molar-refractivity contribution < 1.29 is 0 Å². The molecule has 0 aliphatic heterocycles. The Hall–Kier alpha value is -2.17. The number of hydrogen-bond donors (Lipinski definition) is 0. The molecule has 0 saturated heterocycles. The third-order valence-electron chi connectivity index (χ3n) is 5.20. The molecule has 0 spiro atoms. The molecule has 0 heteroatoms. The van der Waals surface area contributed by atoms with E-state index < -0.39 is 0 Å². The van der Waals surface area contributed by atoms with Gasteiger partial charge in [0.2, 0.25) is 0 Å². The Balaban J connectivity index is 2.01. The highest BCUT2D eigenvalue weighted by Gasteiger charge is 2.38. The fraction of sp³-hybridized carbons (Fsp3) is 0.273. The first kappa shape index (κ1) is 13.5. The van der Waals surface area contributed by atoms with Crippen LogP contribution in [0.5, 0.6) is 0 Å². The van der Waals surface area contributed by atoms with E-state index in [4.69, 9.17) is 0 Å². The van der Waals surface area contributed by atoms with Gasteiger partial charge in [0, 0.05) is 29.6 Å². The molecule has 0 heterocycles. The van der Waals surface area contributed by atoms with E-state index >= 15 is 0 Å². The van der Waals surface area contributed by atoms with Crippen LogP contribution in [0.1, 0.15) is 60.8 Å². The summed E-state index contributed by atoms with van der Waals surface area (Å²) in [6.07, 6.45) is 8.07. The maximum atomic E-state index is 3.52. The Morgan fingerprint density at radius 1 is 0.818 bits per heavy atom. The van der Waals surface area contributed by atoms with Gasteiger partial charge in [-0.2, -0.15) is 0 Å². The standard InChI is InChI=1S/C22H21/c1-3-16-19-11-7-8-12-20(19)17(4-2)22-18-10-6-5-9-15(18)13-14-21(16)22/h5-12,14,16-17H,3-4H2,1-2H3/q+1. The first-order valence-corrected chi connectivity index (χ1v) is 8.37. The topological polar surface area (TPSA) is 0 Å². The third kappa shape index (κ3) is 1.81. The van der Waals surface area contributed by atoms with Gasteiger partial charge in [-0.15, -0.1) is 0 Å². The van der Waals surface area contributed by atoms with Gasteiger partial charge in [-0.25, -0.2) is 0 Å². The van der Waals surface area contributed by atoms with Crippen LogP contribution >= 0.6 is 0 Å². The quantitative estimate of drug-likeness (QED) is 0.606. The number of allylic oxidation sites excluding steroid dienone is 3. The fourth-order valence-corrected chi connectivity index (χ4v) is 4.24. The average Bonchev–Trinajstić information content (AvgIpc) is 2.59. The maximum Gasteiger partial charge on any atom is 0.155 e. The highest BCUT2D eigenvalue weighted by Crippen LogP contribution is 2.51. The number of fused-ring (bicyclic) bond motifs is 3. The van der Waals surface area contributed by atoms with Gasteiger partial charge in [-0.05, 0) is 42.2 Å². The van der Waals surface area contributed by atoms with Gasteiger partial charge in [0.25, 0.3) is 0 Å². The molecule has 0 saturated carbocycles. The molecule has 2 unspecified atom stereocenters. The molecule has 0 radical (unpaired) electrons. The summed E-state index contributed by atoms with van der Waals surface area (Å²) in [6, 6.07) is 17.8. The summed E-state index contributed by atoms with van der Waals surface area (Å²) in [5, 5.41) is 0. The zero-order valence-electron chi connectivity index (χ0n) is 13.3. The number of hydrogen-bond acceptors (Lipinski definition) is 0. The zero-order valence-corrected chi connectivity index (χ0v) is 13.3. The Kier molecular flexibility index (Phi) is 3.21. The van der Waals surface area contributed by atoms with Gasteiger partial charge in [-0.3, -0.25) is 0 Å². The summed E-state index contributed by atoms with van der Waals surface area (Å²) in [5.74, 6) is 1.02. The van der Waals surface area contributed by atoms with E-state index in [1.807, 2.05) is 0 Å². The van der Waals surface area contributed by atoms with Gasteiger partial charge >= 0.3 is 0 Å². The van der Waals surface area contributed by atoms with Crippen LogP contribution < -0.4 is 0 Å². The number of rotatable bonds is 2. The molecular weight excluding hydrogens is 264 g/mol. The molecule has 2 aromatic rings. The second-order valence-electron chi connectivity index (χ2n) is 6.25. The van der Waals surface area contributed by atoms with Crippen LogP contribution in [0.3, 0.4) is 0 Å². The Labute approximate surface area is 133 Å². The highest BCUT2D eigenvalue weighted by molar-refractivity contribution is 5.84. The van der Waals surface area contributed by atoms with Crippen LogP contribution in [0.2, 0.25) is 0 Å². The van der Waals surface area contributed by atoms with Gasteiger partial charge in [0.1, 0.15) is 0 Å². The van der Waals surface area contributed by atoms with Crippen LogP contribution in [0, 0.1) is 6.08 Å². The van der Waals surface area contributed by atoms with Crippen molar-refractivity contribution in [2.45, 2.75) is 38.5 Å². The molecule has 2 aliphatic carbocycles. The smallest absolute Gasteiger partial charge is 0.0644 e. The maximum absolute atomic E-state index is 3.52. The molecule has 108 valence electrons. The van der Waals surface area contributed by atoms with E-state index in [1.54, 1.807) is 5.57 Å². The molecule has 2 atom stereocenters. The van der Waals surface area contributed by atoms with E-state index in [0.29, 0.717) is 11.8 Å². The van der Waals surface area contributed by atoms with Crippen molar-refractivity contribution in [2.75, 3.05) is 0 Å². The fourth-order valence-electron chi connectivity index (χ4n) is 4.24. The van der Waals surface area contributed by atoms with Gasteiger partial charge < -0.3 is 0 Å². The largest absolute Gasteiger partial charge is 0.155 e. The summed E-state index contributed by atoms with van der Waals surface area (Å²) in [7, 11) is 0. The second-order valence-corrected chi connectivity index (χ2v) is 6.25. The molecule has 2 aliphatic rings. The lowest BCUT2D eigenvalue weighted by Gasteiger charge is -2.32. The molecule has 0 fully saturated rings. The van der Waals surface area contributed by atoms with Gasteiger partial charge in [0.15, 0.2) is 5.56 Å². The van der Waals surface area contributed by atoms with Crippen molar-refractivity contribution in [1.82, 2.24) is 0 Å². The van der Waals surface area contributed by atoms with Crippen LogP contribution in [-0.4, -0.2) is 0 Å². The Morgan fingerprint density at radius 3 is 2.18 bits per heavy atom. The first-order valence-electron chi connectivity index (χ1n) is 8.37. The zero-order chi connectivity index (χ0) is 15.1. The van der Waals surface area contributed by atoms with Crippen molar-refractivity contribution >= 4 is 5.57 Å². The Morgan fingerprint density at radius 2 is 1.45 bits per heavy atom. The summed E-state index contributed by atoms with van der Waals surface area (Å²) in [4.78, 5) is 0. The van der Waals surface area contributed by atoms with Crippen molar-refractivity contribution in [3.05, 3.63) is 88.5 Å². The molecule has 0 aromatic heterocycles. The van der Waals surface area contributed by atoms with E-state index in [-0.39, 0.29) is 0 Å². The highest BCUT2D eigenvalue weighted by atomic mass is 14.4. The van der Waals surface area contributed by atoms with E-state index in [0.717, 1.165) is 12.8 Å². The molecule has 0 bridgehead atoms. The summed E-state index contributed by atoms with van der Waals surface area (Å²) < 4.78 is 0. The lowest BCUT2D eigenvalue weighted by Crippen LogP contribution is -2.19. The summed E-state index contributed by atoms with van der Waals surface area (Å²) >= 11 is 0. The van der Waals surface area contributed by atoms with Gasteiger partial charge in [0.05, 0.1) is 17.2 Å². The average molecular weight is 285 g/mol. The lowest BCUT2D eigenvalue weighted by atomic mass is 9.67. The molecule has 4 rings (SSSR count). The third-order valence-corrected chi connectivity index (χ3v) is 5.20. The van der Waals surface area contributed by atoms with E-state index in [9.17, 15) is 0 Å². The van der Waals surface area contributed by atoms with Gasteiger partial charge in [-0.1, -0.05) is 38.1 Å². The lowest BCUT2D eigenvalue weighted by molar-refractivity contribution is 0.699. The van der Waals surface area contributed by atoms with Crippen molar-refractivity contribution in [1.29, 1.82) is 0 Å². The molecule has 0 N–H and O–H groups in total. The van der Waals surface area contributed by atoms with E-state index in [2.05, 4.69) is 74.5 Å². The molecule has 22 heavy (non-hydrogen) atoms. The van der Waals surface area contributed by atoms with Crippen LogP contribution in [0.15, 0.2) is 60.2 Å². The van der Waals surface area contributed by atoms with Crippen molar-refractivity contribution in [3.63, 3.8) is 0 Å². The van der Waals surface area contributed by atoms with Crippen molar-refractivity contribution in [3.8, 4) is 0 Å². The predicted molar refractivity (Wildman–Crippen MR) is 92.8 cm³/mol. The minimum absolute atomic E-state index is 0.508. The minimum Gasteiger partial charge on any atom is -0.0644 e. The minimum atomic E-state index is 0.508. The van der Waals surface area contributed by atoms with E-state index in [1.165, 1.54) is 27.8 Å². The second kappa shape index (κ2) is 5.23. The van der Waals surface area contributed by atoms with Crippen LogP contribution in [0.4, 0.5) is 0 Å². The Bertz CT molecular complexity index is 776. The summed E-state index contributed by atoms with van der Waals surface area (Å²) in [6.45, 7) is 4.61. The SMILES string of the molecule is CCC1C2=C(c3ccccc3[C+]=C2)C(CC)c2ccccc21. The monoisotopic (exact) mass is 285 g/mol. The first-order chi connectivity index (χ1) is 10.8. The van der Waals surface area contributed by atoms with Crippen LogP contribution in [0.25, 0.3) is 5.57 Å². The molecular formula is C22H21+. The summed E-state index contributed by atoms with van der Waals surface area (Å²) in [5.41, 5.74) is 8.72. The van der Waals surface area contributed by atoms with Crippen LogP contribution in [-0.2, 0) is 0 Å². The molecule has 2 aromatic carbocycles. The van der Waals surface area contributed by atoms with Crippen molar-refractivity contribution in [2.24, 2.45) is 0 Å². The number of benzene rings is 2.